The summed E-state index contributed by atoms with van der Waals surface area (Å²) in [5.41, 5.74) is 7.21. The van der Waals surface area contributed by atoms with E-state index in [1.807, 2.05) is 18.2 Å². The Morgan fingerprint density at radius 2 is 2.14 bits per heavy atom. The van der Waals surface area contributed by atoms with Gasteiger partial charge in [-0.3, -0.25) is 10.1 Å². The zero-order valence-corrected chi connectivity index (χ0v) is 11.3. The van der Waals surface area contributed by atoms with Crippen molar-refractivity contribution in [2.75, 3.05) is 13.1 Å². The zero-order chi connectivity index (χ0) is 14.8. The summed E-state index contributed by atoms with van der Waals surface area (Å²) < 4.78 is 5.64. The van der Waals surface area contributed by atoms with E-state index in [0.29, 0.717) is 24.4 Å². The van der Waals surface area contributed by atoms with Gasteiger partial charge in [0.05, 0.1) is 0 Å². The molecule has 5 N–H and O–H groups in total. The summed E-state index contributed by atoms with van der Waals surface area (Å²) in [5, 5.41) is 8.81. The van der Waals surface area contributed by atoms with Crippen molar-refractivity contribution in [3.05, 3.63) is 35.6 Å². The number of hydrogen-bond donors (Lipinski definition) is 4. The van der Waals surface area contributed by atoms with Crippen LogP contribution < -0.4 is 21.7 Å². The first-order chi connectivity index (χ1) is 10.2. The minimum Gasteiger partial charge on any atom is -0.458 e. The minimum atomic E-state index is -0.760. The fourth-order valence-corrected chi connectivity index (χ4v) is 2.32. The number of carbonyl (C=O) groups excluding carboxylic acids is 2. The second kappa shape index (κ2) is 5.55. The standard InChI is InChI=1S/C14H16N4O3/c15-3-4-16-7-8-1-2-10-9(5-8)6-11(21-10)12-13(19)18-14(20)17-12/h1-2,5-6,12,16H,3-4,7,15H2,(H2,17,18,19,20). The van der Waals surface area contributed by atoms with Gasteiger partial charge in [0.1, 0.15) is 11.3 Å². The molecule has 1 atom stereocenters. The van der Waals surface area contributed by atoms with E-state index in [1.54, 1.807) is 6.07 Å². The highest BCUT2D eigenvalue weighted by Gasteiger charge is 2.33. The summed E-state index contributed by atoms with van der Waals surface area (Å²) in [4.78, 5) is 22.8. The SMILES string of the molecule is NCCNCc1ccc2oc(C3NC(=O)NC3=O)cc2c1. The molecule has 1 unspecified atom stereocenters. The predicted molar refractivity (Wildman–Crippen MR) is 76.4 cm³/mol. The van der Waals surface area contributed by atoms with Crippen LogP contribution in [0.3, 0.4) is 0 Å². The molecule has 110 valence electrons. The molecule has 0 aliphatic carbocycles. The number of nitrogens with one attached hydrogen (secondary N) is 3. The lowest BCUT2D eigenvalue weighted by Gasteiger charge is -2.02. The molecule has 0 spiro atoms. The maximum atomic E-state index is 11.6. The molecule has 1 aliphatic heterocycles. The van der Waals surface area contributed by atoms with Crippen molar-refractivity contribution in [3.8, 4) is 0 Å². The number of imide groups is 1. The van der Waals surface area contributed by atoms with Crippen LogP contribution in [-0.4, -0.2) is 25.0 Å². The van der Waals surface area contributed by atoms with Crippen LogP contribution in [0.2, 0.25) is 0 Å². The van der Waals surface area contributed by atoms with Crippen LogP contribution in [0.25, 0.3) is 11.0 Å². The molecule has 7 nitrogen and oxygen atoms in total. The van der Waals surface area contributed by atoms with Gasteiger partial charge >= 0.3 is 6.03 Å². The predicted octanol–water partition coefficient (Wildman–Crippen LogP) is 0.362. The molecule has 1 aliphatic rings. The second-order valence-corrected chi connectivity index (χ2v) is 4.88. The van der Waals surface area contributed by atoms with Crippen molar-refractivity contribution >= 4 is 22.9 Å². The highest BCUT2D eigenvalue weighted by Crippen LogP contribution is 2.26. The summed E-state index contributed by atoms with van der Waals surface area (Å²) in [7, 11) is 0. The van der Waals surface area contributed by atoms with Gasteiger partial charge in [-0.25, -0.2) is 4.79 Å². The van der Waals surface area contributed by atoms with Crippen molar-refractivity contribution in [2.45, 2.75) is 12.6 Å². The fraction of sp³-hybridized carbons (Fsp3) is 0.286. The van der Waals surface area contributed by atoms with Crippen molar-refractivity contribution in [1.82, 2.24) is 16.0 Å². The molecule has 1 aromatic carbocycles. The van der Waals surface area contributed by atoms with Gasteiger partial charge in [-0.15, -0.1) is 0 Å². The van der Waals surface area contributed by atoms with E-state index in [-0.39, 0.29) is 0 Å². The normalized spacial score (nSPS) is 18.0. The van der Waals surface area contributed by atoms with E-state index in [4.69, 9.17) is 10.2 Å². The summed E-state index contributed by atoms with van der Waals surface area (Å²) in [6.07, 6.45) is 0. The number of benzene rings is 1. The van der Waals surface area contributed by atoms with Gasteiger partial charge in [0.25, 0.3) is 5.91 Å². The average molecular weight is 288 g/mol. The van der Waals surface area contributed by atoms with Crippen LogP contribution in [0.4, 0.5) is 4.79 Å². The van der Waals surface area contributed by atoms with Gasteiger partial charge in [-0.05, 0) is 23.8 Å². The summed E-state index contributed by atoms with van der Waals surface area (Å²) in [6.45, 7) is 2.06. The van der Waals surface area contributed by atoms with Crippen molar-refractivity contribution < 1.29 is 14.0 Å². The molecule has 21 heavy (non-hydrogen) atoms. The van der Waals surface area contributed by atoms with E-state index in [9.17, 15) is 9.59 Å². The Morgan fingerprint density at radius 3 is 2.86 bits per heavy atom. The molecule has 0 saturated carbocycles. The highest BCUT2D eigenvalue weighted by molar-refractivity contribution is 6.04. The van der Waals surface area contributed by atoms with Crippen molar-refractivity contribution in [1.29, 1.82) is 0 Å². The molecule has 1 saturated heterocycles. The van der Waals surface area contributed by atoms with E-state index < -0.39 is 18.0 Å². The molecule has 2 aromatic rings. The van der Waals surface area contributed by atoms with Crippen LogP contribution in [-0.2, 0) is 11.3 Å². The molecular formula is C14H16N4O3. The molecule has 7 heteroatoms. The van der Waals surface area contributed by atoms with Crippen molar-refractivity contribution in [3.63, 3.8) is 0 Å². The lowest BCUT2D eigenvalue weighted by atomic mass is 10.1. The number of hydrogen-bond acceptors (Lipinski definition) is 5. The average Bonchev–Trinajstić information content (AvgIpc) is 3.01. The van der Waals surface area contributed by atoms with E-state index in [2.05, 4.69) is 16.0 Å². The number of urea groups is 1. The van der Waals surface area contributed by atoms with E-state index >= 15 is 0 Å². The third-order valence-corrected chi connectivity index (χ3v) is 3.31. The van der Waals surface area contributed by atoms with Gasteiger partial charge < -0.3 is 20.8 Å². The fourth-order valence-electron chi connectivity index (χ4n) is 2.32. The number of nitrogens with two attached hydrogens (primary N) is 1. The van der Waals surface area contributed by atoms with Crippen LogP contribution in [0, 0.1) is 0 Å². The first-order valence-electron chi connectivity index (χ1n) is 6.72. The van der Waals surface area contributed by atoms with Gasteiger partial charge in [0.2, 0.25) is 0 Å². The molecule has 1 aromatic heterocycles. The Morgan fingerprint density at radius 1 is 1.29 bits per heavy atom. The van der Waals surface area contributed by atoms with Gasteiger partial charge in [-0.1, -0.05) is 6.07 Å². The number of fused-ring (bicyclic) bond motifs is 1. The molecule has 1 fully saturated rings. The molecule has 3 amide bonds. The molecule has 2 heterocycles. The molecule has 0 radical (unpaired) electrons. The third kappa shape index (κ3) is 2.74. The number of amides is 3. The Labute approximate surface area is 120 Å². The zero-order valence-electron chi connectivity index (χ0n) is 11.3. The summed E-state index contributed by atoms with van der Waals surface area (Å²) >= 11 is 0. The minimum absolute atomic E-state index is 0.399. The second-order valence-electron chi connectivity index (χ2n) is 4.88. The Balaban J connectivity index is 1.83. The van der Waals surface area contributed by atoms with Gasteiger partial charge in [0, 0.05) is 25.0 Å². The number of carbonyl (C=O) groups is 2. The topological polar surface area (TPSA) is 109 Å². The smallest absolute Gasteiger partial charge is 0.322 e. The lowest BCUT2D eigenvalue weighted by Crippen LogP contribution is -2.22. The monoisotopic (exact) mass is 288 g/mol. The molecule has 3 rings (SSSR count). The molecular weight excluding hydrogens is 272 g/mol. The van der Waals surface area contributed by atoms with E-state index in [0.717, 1.165) is 17.5 Å². The largest absolute Gasteiger partial charge is 0.458 e. The number of furan rings is 1. The molecule has 0 bridgehead atoms. The number of rotatable bonds is 5. The van der Waals surface area contributed by atoms with Crippen LogP contribution in [0.1, 0.15) is 17.4 Å². The van der Waals surface area contributed by atoms with Crippen LogP contribution >= 0.6 is 0 Å². The maximum Gasteiger partial charge on any atom is 0.322 e. The Hall–Kier alpha value is -2.38. The van der Waals surface area contributed by atoms with E-state index in [1.165, 1.54) is 0 Å². The Bertz CT molecular complexity index is 695. The third-order valence-electron chi connectivity index (χ3n) is 3.31. The quantitative estimate of drug-likeness (QED) is 0.469. The maximum absolute atomic E-state index is 11.6. The summed E-state index contributed by atoms with van der Waals surface area (Å²) in [6, 6.07) is 6.30. The lowest BCUT2D eigenvalue weighted by molar-refractivity contribution is -0.120. The summed E-state index contributed by atoms with van der Waals surface area (Å²) in [5.74, 6) is 0.0318. The first kappa shape index (κ1) is 13.6. The van der Waals surface area contributed by atoms with Gasteiger partial charge in [-0.2, -0.15) is 0 Å². The van der Waals surface area contributed by atoms with Gasteiger partial charge in [0.15, 0.2) is 6.04 Å². The van der Waals surface area contributed by atoms with Crippen molar-refractivity contribution in [2.24, 2.45) is 5.73 Å². The van der Waals surface area contributed by atoms with Crippen LogP contribution in [0.5, 0.6) is 0 Å². The first-order valence-corrected chi connectivity index (χ1v) is 6.72. The highest BCUT2D eigenvalue weighted by atomic mass is 16.3. The Kier molecular flexibility index (Phi) is 3.59. The van der Waals surface area contributed by atoms with Crippen LogP contribution in [0.15, 0.2) is 28.7 Å².